The molecule has 0 radical (unpaired) electrons. The van der Waals surface area contributed by atoms with Crippen molar-refractivity contribution in [3.63, 3.8) is 0 Å². The summed E-state index contributed by atoms with van der Waals surface area (Å²) in [6.07, 6.45) is 0. The number of para-hydroxylation sites is 1. The molecule has 0 saturated heterocycles. The van der Waals surface area contributed by atoms with E-state index in [0.717, 1.165) is 0 Å². The van der Waals surface area contributed by atoms with Crippen molar-refractivity contribution in [2.45, 2.75) is 0 Å². The number of nitrogens with one attached hydrogen (secondary N) is 1. The van der Waals surface area contributed by atoms with Gasteiger partial charge in [0, 0.05) is 13.6 Å². The van der Waals surface area contributed by atoms with E-state index in [1.807, 2.05) is 19.0 Å². The number of benzene rings is 1. The molecule has 0 aliphatic carbocycles. The molecule has 1 N–H and O–H groups in total. The standard InChI is InChI=1S/C11H17N3O3/c1-12-9-5-4-6-10(11(9)14(15)16)17-8-7-13(2)3/h4-6,12H,7-8H2,1-3H3. The largest absolute Gasteiger partial charge is 0.485 e. The zero-order chi connectivity index (χ0) is 12.8. The number of likely N-dealkylation sites (N-methyl/N-ethyl adjacent to an activating group) is 1. The van der Waals surface area contributed by atoms with Gasteiger partial charge < -0.3 is 15.0 Å². The summed E-state index contributed by atoms with van der Waals surface area (Å²) >= 11 is 0. The van der Waals surface area contributed by atoms with Crippen LogP contribution >= 0.6 is 0 Å². The Balaban J connectivity index is 2.87. The molecule has 0 unspecified atom stereocenters. The Hall–Kier alpha value is -1.82. The van der Waals surface area contributed by atoms with E-state index in [1.165, 1.54) is 0 Å². The molecular formula is C11H17N3O3. The Kier molecular flexibility index (Phi) is 4.71. The van der Waals surface area contributed by atoms with Crippen LogP contribution in [-0.2, 0) is 0 Å². The Morgan fingerprint density at radius 2 is 2.18 bits per heavy atom. The molecular weight excluding hydrogens is 222 g/mol. The van der Waals surface area contributed by atoms with Gasteiger partial charge in [0.25, 0.3) is 0 Å². The van der Waals surface area contributed by atoms with Gasteiger partial charge >= 0.3 is 5.69 Å². The van der Waals surface area contributed by atoms with Crippen LogP contribution in [0.4, 0.5) is 11.4 Å². The van der Waals surface area contributed by atoms with E-state index in [0.29, 0.717) is 24.6 Å². The van der Waals surface area contributed by atoms with Crippen LogP contribution in [-0.4, -0.2) is 44.1 Å². The number of nitro groups is 1. The molecule has 94 valence electrons. The minimum absolute atomic E-state index is 0.0197. The third-order valence-corrected chi connectivity index (χ3v) is 2.25. The van der Waals surface area contributed by atoms with Gasteiger partial charge in [0.15, 0.2) is 5.75 Å². The van der Waals surface area contributed by atoms with Crippen molar-refractivity contribution in [2.75, 3.05) is 39.6 Å². The van der Waals surface area contributed by atoms with Crippen molar-refractivity contribution >= 4 is 11.4 Å². The molecule has 0 saturated carbocycles. The number of nitrogens with zero attached hydrogens (tertiary/aromatic N) is 2. The summed E-state index contributed by atoms with van der Waals surface area (Å²) in [5.74, 6) is 0.295. The van der Waals surface area contributed by atoms with Crippen molar-refractivity contribution in [1.82, 2.24) is 4.90 Å². The summed E-state index contributed by atoms with van der Waals surface area (Å²) < 4.78 is 5.43. The molecule has 0 spiro atoms. The number of hydrogen-bond acceptors (Lipinski definition) is 5. The van der Waals surface area contributed by atoms with E-state index in [9.17, 15) is 10.1 Å². The molecule has 0 fully saturated rings. The van der Waals surface area contributed by atoms with E-state index < -0.39 is 4.92 Å². The molecule has 0 amide bonds. The first-order valence-corrected chi connectivity index (χ1v) is 5.29. The van der Waals surface area contributed by atoms with Gasteiger partial charge in [-0.1, -0.05) is 6.07 Å². The van der Waals surface area contributed by atoms with Crippen LogP contribution < -0.4 is 10.1 Å². The molecule has 1 rings (SSSR count). The zero-order valence-corrected chi connectivity index (χ0v) is 10.3. The van der Waals surface area contributed by atoms with E-state index in [4.69, 9.17) is 4.74 Å². The van der Waals surface area contributed by atoms with Gasteiger partial charge in [0.05, 0.1) is 4.92 Å². The van der Waals surface area contributed by atoms with Crippen LogP contribution in [0.2, 0.25) is 0 Å². The van der Waals surface area contributed by atoms with Gasteiger partial charge in [-0.05, 0) is 26.2 Å². The second-order valence-corrected chi connectivity index (χ2v) is 3.81. The minimum atomic E-state index is -0.434. The Morgan fingerprint density at radius 3 is 2.71 bits per heavy atom. The molecule has 0 aromatic heterocycles. The number of ether oxygens (including phenoxy) is 1. The lowest BCUT2D eigenvalue weighted by Gasteiger charge is -2.12. The highest BCUT2D eigenvalue weighted by atomic mass is 16.6. The van der Waals surface area contributed by atoms with Crippen molar-refractivity contribution in [3.05, 3.63) is 28.3 Å². The predicted molar refractivity (Wildman–Crippen MR) is 66.7 cm³/mol. The van der Waals surface area contributed by atoms with Crippen LogP contribution in [0.3, 0.4) is 0 Å². The smallest absolute Gasteiger partial charge is 0.333 e. The van der Waals surface area contributed by atoms with Crippen LogP contribution in [0.15, 0.2) is 18.2 Å². The summed E-state index contributed by atoms with van der Waals surface area (Å²) in [5.41, 5.74) is 0.436. The molecule has 0 bridgehead atoms. The normalized spacial score (nSPS) is 10.4. The Bertz CT molecular complexity index is 394. The SMILES string of the molecule is CNc1cccc(OCCN(C)C)c1[N+](=O)[O-]. The van der Waals surface area contributed by atoms with Crippen molar-refractivity contribution in [2.24, 2.45) is 0 Å². The fourth-order valence-electron chi connectivity index (χ4n) is 1.37. The monoisotopic (exact) mass is 239 g/mol. The van der Waals surface area contributed by atoms with Gasteiger partial charge in [-0.2, -0.15) is 0 Å². The quantitative estimate of drug-likeness (QED) is 0.603. The Labute approximate surface area is 100 Å². The highest BCUT2D eigenvalue weighted by Gasteiger charge is 2.19. The molecule has 0 aliphatic heterocycles. The van der Waals surface area contributed by atoms with Gasteiger partial charge in [0.1, 0.15) is 12.3 Å². The van der Waals surface area contributed by atoms with E-state index in [-0.39, 0.29) is 5.69 Å². The fraction of sp³-hybridized carbons (Fsp3) is 0.455. The van der Waals surface area contributed by atoms with E-state index in [1.54, 1.807) is 25.2 Å². The number of anilines is 1. The molecule has 6 nitrogen and oxygen atoms in total. The fourth-order valence-corrected chi connectivity index (χ4v) is 1.37. The van der Waals surface area contributed by atoms with E-state index in [2.05, 4.69) is 5.32 Å². The summed E-state index contributed by atoms with van der Waals surface area (Å²) in [7, 11) is 5.48. The molecule has 1 aromatic rings. The van der Waals surface area contributed by atoms with Gasteiger partial charge in [-0.3, -0.25) is 10.1 Å². The summed E-state index contributed by atoms with van der Waals surface area (Å²) in [4.78, 5) is 12.5. The van der Waals surface area contributed by atoms with Crippen LogP contribution in [0.1, 0.15) is 0 Å². The van der Waals surface area contributed by atoms with Gasteiger partial charge in [0.2, 0.25) is 0 Å². The van der Waals surface area contributed by atoms with Crippen LogP contribution in [0.25, 0.3) is 0 Å². The average Bonchev–Trinajstić information content (AvgIpc) is 2.27. The predicted octanol–water partition coefficient (Wildman–Crippen LogP) is 1.58. The van der Waals surface area contributed by atoms with Gasteiger partial charge in [-0.15, -0.1) is 0 Å². The van der Waals surface area contributed by atoms with Crippen molar-refractivity contribution in [1.29, 1.82) is 0 Å². The second-order valence-electron chi connectivity index (χ2n) is 3.81. The highest BCUT2D eigenvalue weighted by molar-refractivity contribution is 5.68. The lowest BCUT2D eigenvalue weighted by Crippen LogP contribution is -2.19. The lowest BCUT2D eigenvalue weighted by molar-refractivity contribution is -0.384. The third kappa shape index (κ3) is 3.60. The van der Waals surface area contributed by atoms with Crippen LogP contribution in [0.5, 0.6) is 5.75 Å². The average molecular weight is 239 g/mol. The highest BCUT2D eigenvalue weighted by Crippen LogP contribution is 2.34. The van der Waals surface area contributed by atoms with Crippen LogP contribution in [0, 0.1) is 10.1 Å². The third-order valence-electron chi connectivity index (χ3n) is 2.25. The molecule has 0 aliphatic rings. The van der Waals surface area contributed by atoms with Crippen molar-refractivity contribution in [3.8, 4) is 5.75 Å². The molecule has 0 heterocycles. The first kappa shape index (κ1) is 13.2. The molecule has 17 heavy (non-hydrogen) atoms. The number of nitro benzene ring substituents is 1. The summed E-state index contributed by atoms with van der Waals surface area (Å²) in [6, 6.07) is 4.98. The maximum absolute atomic E-state index is 11.0. The number of rotatable bonds is 6. The van der Waals surface area contributed by atoms with E-state index >= 15 is 0 Å². The molecule has 6 heteroatoms. The summed E-state index contributed by atoms with van der Waals surface area (Å²) in [6.45, 7) is 1.13. The topological polar surface area (TPSA) is 67.6 Å². The molecule has 0 atom stereocenters. The maximum Gasteiger partial charge on any atom is 0.333 e. The minimum Gasteiger partial charge on any atom is -0.485 e. The second kappa shape index (κ2) is 6.05. The van der Waals surface area contributed by atoms with Gasteiger partial charge in [-0.25, -0.2) is 0 Å². The van der Waals surface area contributed by atoms with Crippen molar-refractivity contribution < 1.29 is 9.66 Å². The Morgan fingerprint density at radius 1 is 1.47 bits per heavy atom. The summed E-state index contributed by atoms with van der Waals surface area (Å²) in [5, 5.41) is 13.8. The zero-order valence-electron chi connectivity index (χ0n) is 10.3. The lowest BCUT2D eigenvalue weighted by atomic mass is 10.2. The first-order valence-electron chi connectivity index (χ1n) is 5.29. The maximum atomic E-state index is 11.0. The molecule has 1 aromatic carbocycles. The first-order chi connectivity index (χ1) is 8.06. The number of hydrogen-bond donors (Lipinski definition) is 1.